The average molecular weight is 542 g/mol. The molecule has 0 saturated heterocycles. The first-order valence-corrected chi connectivity index (χ1v) is 14.5. The van der Waals surface area contributed by atoms with Crippen molar-refractivity contribution in [1.29, 1.82) is 0 Å². The number of nitrogens with one attached hydrogen (secondary N) is 1. The lowest BCUT2D eigenvalue weighted by molar-refractivity contribution is -0.103. The molecule has 0 atom stereocenters. The number of carbonyl (C=O) groups excluding carboxylic acids is 1. The number of hydrogen-bond donors (Lipinski definition) is 1. The number of aromatic nitrogens is 4. The topological polar surface area (TPSA) is 80.3 Å². The molecule has 5 aliphatic rings. The van der Waals surface area contributed by atoms with Gasteiger partial charge in [0.1, 0.15) is 12.1 Å². The zero-order valence-corrected chi connectivity index (χ0v) is 23.1. The van der Waals surface area contributed by atoms with Crippen LogP contribution in [0.4, 0.5) is 11.5 Å². The molecule has 1 amide bonds. The number of fused-ring (bicyclic) bond motifs is 1. The van der Waals surface area contributed by atoms with E-state index in [9.17, 15) is 4.79 Å². The standard InChI is InChI=1S/C33H31N7O/c1-34-25-7-8-26(28(12-25)31-38-36-19-39(31)2)24-10-29(22-5-6-22)37-30(11-24)40-17-23-4-3-20(9-27(23)32(40)41)16-35-18-33-13-21(14-33)15-33/h3-4,7-12,19,21-22,35H,5-6,13-18H2,2H3. The van der Waals surface area contributed by atoms with Crippen molar-refractivity contribution in [2.45, 2.75) is 51.1 Å². The molecule has 1 N–H and O–H groups in total. The number of nitrogens with zero attached hydrogens (tertiary/aromatic N) is 6. The minimum Gasteiger partial charge on any atom is -0.317 e. The molecule has 0 radical (unpaired) electrons. The summed E-state index contributed by atoms with van der Waals surface area (Å²) in [5.74, 6) is 2.77. The number of pyridine rings is 1. The highest BCUT2D eigenvalue weighted by Crippen LogP contribution is 2.63. The summed E-state index contributed by atoms with van der Waals surface area (Å²) in [6.07, 6.45) is 8.03. The van der Waals surface area contributed by atoms with E-state index in [0.717, 1.165) is 70.9 Å². The fraction of sp³-hybridized carbons (Fsp3) is 0.364. The summed E-state index contributed by atoms with van der Waals surface area (Å²) >= 11 is 0. The molecule has 0 unspecified atom stereocenters. The maximum absolute atomic E-state index is 13.8. The highest BCUT2D eigenvalue weighted by atomic mass is 16.2. The zero-order valence-electron chi connectivity index (χ0n) is 23.1. The first-order chi connectivity index (χ1) is 20.0. The van der Waals surface area contributed by atoms with Crippen LogP contribution >= 0.6 is 0 Å². The molecule has 2 aromatic carbocycles. The van der Waals surface area contributed by atoms with E-state index in [1.54, 1.807) is 6.33 Å². The van der Waals surface area contributed by atoms with Crippen molar-refractivity contribution in [3.8, 4) is 22.5 Å². The molecule has 1 aliphatic heterocycles. The molecular formula is C33H31N7O. The van der Waals surface area contributed by atoms with Gasteiger partial charge < -0.3 is 9.88 Å². The number of amides is 1. The number of benzene rings is 2. The summed E-state index contributed by atoms with van der Waals surface area (Å²) in [7, 11) is 1.90. The normalized spacial score (nSPS) is 22.2. The first-order valence-electron chi connectivity index (χ1n) is 14.5. The van der Waals surface area contributed by atoms with Crippen molar-refractivity contribution in [3.05, 3.63) is 88.7 Å². The van der Waals surface area contributed by atoms with Crippen LogP contribution in [-0.4, -0.2) is 32.2 Å². The SMILES string of the molecule is [C-]#[N+]c1ccc(-c2cc(C3CC3)nc(N3Cc4ccc(CNCC56CC(C5)C6)cc4C3=O)c2)c(-c2nncn2C)c1. The van der Waals surface area contributed by atoms with E-state index in [1.165, 1.54) is 19.3 Å². The Kier molecular flexibility index (Phi) is 5.42. The van der Waals surface area contributed by atoms with Crippen LogP contribution < -0.4 is 10.2 Å². The maximum atomic E-state index is 13.8. The van der Waals surface area contributed by atoms with Gasteiger partial charge in [0, 0.05) is 42.9 Å². The summed E-state index contributed by atoms with van der Waals surface area (Å²) in [4.78, 5) is 24.3. The van der Waals surface area contributed by atoms with E-state index in [2.05, 4.69) is 44.6 Å². The van der Waals surface area contributed by atoms with Crippen LogP contribution in [0.5, 0.6) is 0 Å². The van der Waals surface area contributed by atoms with Crippen LogP contribution in [0.3, 0.4) is 0 Å². The van der Waals surface area contributed by atoms with Crippen LogP contribution in [0, 0.1) is 17.9 Å². The van der Waals surface area contributed by atoms with Crippen molar-refractivity contribution < 1.29 is 4.79 Å². The smallest absolute Gasteiger partial charge is 0.260 e. The summed E-state index contributed by atoms with van der Waals surface area (Å²) < 4.78 is 1.86. The maximum Gasteiger partial charge on any atom is 0.260 e. The zero-order chi connectivity index (χ0) is 27.7. The van der Waals surface area contributed by atoms with E-state index in [4.69, 9.17) is 11.6 Å². The van der Waals surface area contributed by atoms with Crippen LogP contribution in [0.25, 0.3) is 27.4 Å². The molecule has 9 rings (SSSR count). The highest BCUT2D eigenvalue weighted by molar-refractivity contribution is 6.10. The molecule has 3 heterocycles. The summed E-state index contributed by atoms with van der Waals surface area (Å²) in [5, 5.41) is 12.0. The second-order valence-electron chi connectivity index (χ2n) is 12.5. The predicted octanol–water partition coefficient (Wildman–Crippen LogP) is 6.02. The van der Waals surface area contributed by atoms with Crippen molar-refractivity contribution in [2.24, 2.45) is 18.4 Å². The van der Waals surface area contributed by atoms with Gasteiger partial charge in [0.2, 0.25) is 0 Å². The Balaban J connectivity index is 1.11. The molecule has 0 spiro atoms. The third kappa shape index (κ3) is 4.15. The van der Waals surface area contributed by atoms with E-state index in [-0.39, 0.29) is 5.91 Å². The largest absolute Gasteiger partial charge is 0.317 e. The lowest BCUT2D eigenvalue weighted by atomic mass is 9.44. The lowest BCUT2D eigenvalue weighted by Crippen LogP contribution is -2.56. The van der Waals surface area contributed by atoms with Gasteiger partial charge in [-0.15, -0.1) is 10.2 Å². The second-order valence-corrected chi connectivity index (χ2v) is 12.5. The average Bonchev–Trinajstić information content (AvgIpc) is 3.64. The van der Waals surface area contributed by atoms with E-state index in [1.807, 2.05) is 40.8 Å². The quantitative estimate of drug-likeness (QED) is 0.276. The fourth-order valence-corrected chi connectivity index (χ4v) is 6.97. The van der Waals surface area contributed by atoms with Crippen LogP contribution in [0.1, 0.15) is 65.2 Å². The molecule has 2 bridgehead atoms. The van der Waals surface area contributed by atoms with Crippen molar-refractivity contribution >= 4 is 17.4 Å². The molecule has 8 heteroatoms. The molecule has 8 nitrogen and oxygen atoms in total. The van der Waals surface area contributed by atoms with Gasteiger partial charge in [-0.2, -0.15) is 0 Å². The van der Waals surface area contributed by atoms with E-state index >= 15 is 0 Å². The number of aryl methyl sites for hydroxylation is 1. The number of anilines is 1. The fourth-order valence-electron chi connectivity index (χ4n) is 6.97. The third-order valence-electron chi connectivity index (χ3n) is 9.47. The molecule has 41 heavy (non-hydrogen) atoms. The summed E-state index contributed by atoms with van der Waals surface area (Å²) in [5.41, 5.74) is 7.83. The third-order valence-corrected chi connectivity index (χ3v) is 9.47. The number of rotatable bonds is 8. The second kappa shape index (κ2) is 9.08. The van der Waals surface area contributed by atoms with Gasteiger partial charge in [0.05, 0.1) is 13.1 Å². The minimum atomic E-state index is 0.00421. The van der Waals surface area contributed by atoms with Gasteiger partial charge in [-0.3, -0.25) is 9.69 Å². The van der Waals surface area contributed by atoms with Crippen LogP contribution in [0.2, 0.25) is 0 Å². The van der Waals surface area contributed by atoms with E-state index in [0.29, 0.717) is 35.2 Å². The molecule has 4 aliphatic carbocycles. The molecule has 2 aromatic heterocycles. The Labute approximate surface area is 239 Å². The summed E-state index contributed by atoms with van der Waals surface area (Å²) in [6, 6.07) is 16.1. The van der Waals surface area contributed by atoms with Crippen LogP contribution in [-0.2, 0) is 20.1 Å². The predicted molar refractivity (Wildman–Crippen MR) is 156 cm³/mol. The van der Waals surface area contributed by atoms with E-state index < -0.39 is 0 Å². The Morgan fingerprint density at radius 2 is 1.90 bits per heavy atom. The van der Waals surface area contributed by atoms with Gasteiger partial charge in [-0.25, -0.2) is 9.83 Å². The lowest BCUT2D eigenvalue weighted by Gasteiger charge is -2.62. The number of carbonyl (C=O) groups is 1. The number of hydrogen-bond acceptors (Lipinski definition) is 5. The Morgan fingerprint density at radius 1 is 1.05 bits per heavy atom. The van der Waals surface area contributed by atoms with Crippen molar-refractivity contribution in [1.82, 2.24) is 25.1 Å². The van der Waals surface area contributed by atoms with Gasteiger partial charge >= 0.3 is 0 Å². The van der Waals surface area contributed by atoms with Gasteiger partial charge in [-0.05, 0) is 90.0 Å². The Hall–Kier alpha value is -4.35. The van der Waals surface area contributed by atoms with Gasteiger partial charge in [0.25, 0.3) is 5.91 Å². The van der Waals surface area contributed by atoms with Gasteiger partial charge in [0.15, 0.2) is 11.5 Å². The molecule has 4 saturated carbocycles. The first kappa shape index (κ1) is 24.4. The summed E-state index contributed by atoms with van der Waals surface area (Å²) in [6.45, 7) is 9.92. The van der Waals surface area contributed by atoms with Crippen molar-refractivity contribution in [2.75, 3.05) is 11.4 Å². The van der Waals surface area contributed by atoms with Crippen LogP contribution in [0.15, 0.2) is 54.9 Å². The Morgan fingerprint density at radius 3 is 2.61 bits per heavy atom. The molecular weight excluding hydrogens is 510 g/mol. The van der Waals surface area contributed by atoms with Crippen molar-refractivity contribution in [3.63, 3.8) is 0 Å². The monoisotopic (exact) mass is 541 g/mol. The Bertz CT molecular complexity index is 1740. The molecule has 204 valence electrons. The molecule has 4 fully saturated rings. The van der Waals surface area contributed by atoms with Gasteiger partial charge in [-0.1, -0.05) is 24.3 Å². The highest BCUT2D eigenvalue weighted by Gasteiger charge is 2.55. The minimum absolute atomic E-state index is 0.00421. The molecule has 4 aromatic rings.